The van der Waals surface area contributed by atoms with Gasteiger partial charge in [0.25, 0.3) is 0 Å². The lowest BCUT2D eigenvalue weighted by Crippen LogP contribution is -2.34. The molecule has 5 rings (SSSR count). The van der Waals surface area contributed by atoms with Crippen molar-refractivity contribution in [1.29, 1.82) is 0 Å². The van der Waals surface area contributed by atoms with Crippen LogP contribution in [0.3, 0.4) is 0 Å². The lowest BCUT2D eigenvalue weighted by Gasteiger charge is -2.23. The molecular formula is C23H28FNO4. The van der Waals surface area contributed by atoms with Gasteiger partial charge in [-0.15, -0.1) is 0 Å². The summed E-state index contributed by atoms with van der Waals surface area (Å²) in [6.45, 7) is 1.36. The molecule has 6 heteroatoms. The Morgan fingerprint density at radius 3 is 2.72 bits per heavy atom. The molecule has 1 aromatic carbocycles. The van der Waals surface area contributed by atoms with E-state index in [-0.39, 0.29) is 11.0 Å². The van der Waals surface area contributed by atoms with Crippen LogP contribution in [0.25, 0.3) is 0 Å². The fraction of sp³-hybridized carbons (Fsp3) is 0.652. The van der Waals surface area contributed by atoms with Crippen molar-refractivity contribution in [3.63, 3.8) is 0 Å². The number of nitrogens with one attached hydrogen (secondary N) is 1. The molecule has 0 aromatic heterocycles. The van der Waals surface area contributed by atoms with Gasteiger partial charge in [-0.1, -0.05) is 12.8 Å². The highest BCUT2D eigenvalue weighted by molar-refractivity contribution is 5.98. The van der Waals surface area contributed by atoms with Gasteiger partial charge in [0.05, 0.1) is 12.2 Å². The maximum atomic E-state index is 14.8. The Morgan fingerprint density at radius 2 is 2.00 bits per heavy atom. The average Bonchev–Trinajstić information content (AvgIpc) is 3.62. The Hall–Kier alpha value is -1.95. The number of rotatable bonds is 6. The van der Waals surface area contributed by atoms with Crippen molar-refractivity contribution >= 4 is 11.9 Å². The monoisotopic (exact) mass is 401 g/mol. The normalized spacial score (nSPS) is 30.5. The fourth-order valence-electron chi connectivity index (χ4n) is 5.15. The summed E-state index contributed by atoms with van der Waals surface area (Å²) in [5, 5.41) is 2.99. The SMILES string of the molecule is O=C(OC(=O)[C@@H]1CCCN1)c1cc(C2CC2)c(OCC23CCCCC2C3)cc1F. The smallest absolute Gasteiger partial charge is 0.348 e. The average molecular weight is 401 g/mol. The molecular weight excluding hydrogens is 373 g/mol. The molecule has 4 aliphatic rings. The van der Waals surface area contributed by atoms with Gasteiger partial charge in [0.2, 0.25) is 0 Å². The molecule has 2 unspecified atom stereocenters. The molecule has 3 atom stereocenters. The van der Waals surface area contributed by atoms with E-state index in [1.807, 2.05) is 0 Å². The van der Waals surface area contributed by atoms with E-state index in [1.54, 1.807) is 6.07 Å². The summed E-state index contributed by atoms with van der Waals surface area (Å²) in [5.74, 6) is -0.622. The molecule has 0 amide bonds. The van der Waals surface area contributed by atoms with E-state index >= 15 is 0 Å². The molecule has 1 heterocycles. The van der Waals surface area contributed by atoms with Crippen molar-refractivity contribution < 1.29 is 23.5 Å². The van der Waals surface area contributed by atoms with Gasteiger partial charge in [-0.25, -0.2) is 14.0 Å². The summed E-state index contributed by atoms with van der Waals surface area (Å²) in [6.07, 6.45) is 9.77. The number of hydrogen-bond donors (Lipinski definition) is 1. The number of benzene rings is 1. The lowest BCUT2D eigenvalue weighted by molar-refractivity contribution is -0.139. The standard InChI is InChI=1S/C23H28FNO4/c24-18-11-20(28-13-23-8-2-1-4-15(23)12-23)16(14-6-7-14)10-17(18)21(26)29-22(27)19-5-3-9-25-19/h10-11,14-15,19,25H,1-9,12-13H2/t15?,19-,23?/m0/s1. The zero-order chi connectivity index (χ0) is 20.0. The fourth-order valence-corrected chi connectivity index (χ4v) is 5.15. The van der Waals surface area contributed by atoms with E-state index in [4.69, 9.17) is 9.47 Å². The summed E-state index contributed by atoms with van der Waals surface area (Å²) < 4.78 is 25.8. The lowest BCUT2D eigenvalue weighted by atomic mass is 9.89. The van der Waals surface area contributed by atoms with Crippen LogP contribution in [0.2, 0.25) is 0 Å². The van der Waals surface area contributed by atoms with Gasteiger partial charge >= 0.3 is 11.9 Å². The first kappa shape index (κ1) is 19.0. The van der Waals surface area contributed by atoms with Gasteiger partial charge < -0.3 is 14.8 Å². The highest BCUT2D eigenvalue weighted by Crippen LogP contribution is 2.61. The third kappa shape index (κ3) is 3.79. The highest BCUT2D eigenvalue weighted by atomic mass is 19.1. The van der Waals surface area contributed by atoms with Crippen molar-refractivity contribution in [2.45, 2.75) is 69.7 Å². The Kier molecular flexibility index (Phi) is 4.85. The number of carbonyl (C=O) groups is 2. The summed E-state index contributed by atoms with van der Waals surface area (Å²) in [6, 6.07) is 2.39. The largest absolute Gasteiger partial charge is 0.493 e. The van der Waals surface area contributed by atoms with Crippen LogP contribution >= 0.6 is 0 Å². The summed E-state index contributed by atoms with van der Waals surface area (Å²) >= 11 is 0. The van der Waals surface area contributed by atoms with Crippen molar-refractivity contribution in [3.8, 4) is 5.75 Å². The van der Waals surface area contributed by atoms with E-state index in [0.29, 0.717) is 24.7 Å². The molecule has 0 radical (unpaired) electrons. The van der Waals surface area contributed by atoms with Crippen LogP contribution in [0.4, 0.5) is 4.39 Å². The van der Waals surface area contributed by atoms with Gasteiger partial charge in [0.1, 0.15) is 17.6 Å². The first-order valence-corrected chi connectivity index (χ1v) is 11.0. The molecule has 0 bridgehead atoms. The predicted octanol–water partition coefficient (Wildman–Crippen LogP) is 4.10. The van der Waals surface area contributed by atoms with Crippen LogP contribution in [0.1, 0.15) is 79.6 Å². The Balaban J connectivity index is 1.31. The molecule has 156 valence electrons. The Bertz CT molecular complexity index is 830. The first-order valence-electron chi connectivity index (χ1n) is 11.0. The summed E-state index contributed by atoms with van der Waals surface area (Å²) in [7, 11) is 0. The second-order valence-electron chi connectivity index (χ2n) is 9.30. The second kappa shape index (κ2) is 7.38. The van der Waals surface area contributed by atoms with Crippen molar-refractivity contribution in [1.82, 2.24) is 5.32 Å². The van der Waals surface area contributed by atoms with Gasteiger partial charge in [0.15, 0.2) is 0 Å². The van der Waals surface area contributed by atoms with Crippen LogP contribution < -0.4 is 10.1 Å². The van der Waals surface area contributed by atoms with E-state index in [2.05, 4.69) is 5.32 Å². The molecule has 1 aliphatic heterocycles. The molecule has 3 saturated carbocycles. The zero-order valence-electron chi connectivity index (χ0n) is 16.7. The number of carbonyl (C=O) groups excluding carboxylic acids is 2. The first-order chi connectivity index (χ1) is 14.1. The van der Waals surface area contributed by atoms with E-state index in [9.17, 15) is 14.0 Å². The molecule has 1 aromatic rings. The summed E-state index contributed by atoms with van der Waals surface area (Å²) in [5.41, 5.74) is 0.980. The van der Waals surface area contributed by atoms with Gasteiger partial charge in [-0.05, 0) is 75.0 Å². The van der Waals surface area contributed by atoms with E-state index in [1.165, 1.54) is 38.2 Å². The summed E-state index contributed by atoms with van der Waals surface area (Å²) in [4.78, 5) is 24.6. The van der Waals surface area contributed by atoms with Gasteiger partial charge in [0, 0.05) is 11.5 Å². The molecule has 4 fully saturated rings. The van der Waals surface area contributed by atoms with Crippen LogP contribution in [-0.2, 0) is 9.53 Å². The Labute approximate surface area is 170 Å². The minimum atomic E-state index is -0.914. The number of esters is 2. The number of ether oxygens (including phenoxy) is 2. The third-order valence-corrected chi connectivity index (χ3v) is 7.23. The molecule has 0 spiro atoms. The quantitative estimate of drug-likeness (QED) is 0.574. The van der Waals surface area contributed by atoms with Crippen molar-refractivity contribution in [2.75, 3.05) is 13.2 Å². The van der Waals surface area contributed by atoms with Crippen molar-refractivity contribution in [3.05, 3.63) is 29.1 Å². The van der Waals surface area contributed by atoms with E-state index < -0.39 is 23.8 Å². The molecule has 5 nitrogen and oxygen atoms in total. The van der Waals surface area contributed by atoms with Crippen molar-refractivity contribution in [2.24, 2.45) is 11.3 Å². The topological polar surface area (TPSA) is 64.6 Å². The maximum absolute atomic E-state index is 14.8. The molecule has 3 aliphatic carbocycles. The van der Waals surface area contributed by atoms with E-state index in [0.717, 1.165) is 37.3 Å². The van der Waals surface area contributed by atoms with Crippen LogP contribution in [-0.4, -0.2) is 31.1 Å². The van der Waals surface area contributed by atoms with Gasteiger partial charge in [-0.2, -0.15) is 0 Å². The minimum Gasteiger partial charge on any atom is -0.493 e. The Morgan fingerprint density at radius 1 is 1.14 bits per heavy atom. The van der Waals surface area contributed by atoms with Gasteiger partial charge in [-0.3, -0.25) is 0 Å². The zero-order valence-corrected chi connectivity index (χ0v) is 16.7. The number of halogens is 1. The molecule has 29 heavy (non-hydrogen) atoms. The van der Waals surface area contributed by atoms with Crippen LogP contribution in [0.15, 0.2) is 12.1 Å². The predicted molar refractivity (Wildman–Crippen MR) is 104 cm³/mol. The molecule has 1 saturated heterocycles. The molecule has 1 N–H and O–H groups in total. The number of hydrogen-bond acceptors (Lipinski definition) is 5. The number of fused-ring (bicyclic) bond motifs is 1. The second-order valence-corrected chi connectivity index (χ2v) is 9.30. The van der Waals surface area contributed by atoms with Crippen LogP contribution in [0.5, 0.6) is 5.75 Å². The highest BCUT2D eigenvalue weighted by Gasteiger charge is 2.55. The van der Waals surface area contributed by atoms with Crippen LogP contribution in [0, 0.1) is 17.2 Å². The third-order valence-electron chi connectivity index (χ3n) is 7.23. The minimum absolute atomic E-state index is 0.175. The maximum Gasteiger partial charge on any atom is 0.348 e.